The van der Waals surface area contributed by atoms with Gasteiger partial charge in [-0.25, -0.2) is 4.67 Å². The molecule has 124 valence electrons. The van der Waals surface area contributed by atoms with E-state index in [1.165, 1.54) is 12.1 Å². The van der Waals surface area contributed by atoms with Crippen molar-refractivity contribution in [3.63, 3.8) is 0 Å². The summed E-state index contributed by atoms with van der Waals surface area (Å²) in [6.45, 7) is 9.00. The molecule has 6 nitrogen and oxygen atoms in total. The molecule has 0 N–H and O–H groups in total. The standard InChI is InChI=1S/C15H25N2O4P/c1-12(2)16(13(3)4)22(20-5)21-11-10-14-6-8-15(9-7-14)17(18)19/h6-9,12-13H,10-11H2,1-5H3. The zero-order chi connectivity index (χ0) is 16.7. The molecule has 0 aromatic heterocycles. The molecule has 0 saturated heterocycles. The summed E-state index contributed by atoms with van der Waals surface area (Å²) in [5.41, 5.74) is 1.12. The van der Waals surface area contributed by atoms with Gasteiger partial charge in [-0.05, 0) is 39.7 Å². The summed E-state index contributed by atoms with van der Waals surface area (Å²) >= 11 is 0. The van der Waals surface area contributed by atoms with Gasteiger partial charge in [0, 0.05) is 31.3 Å². The van der Waals surface area contributed by atoms with E-state index in [9.17, 15) is 10.1 Å². The first-order valence-corrected chi connectivity index (χ1v) is 8.48. The van der Waals surface area contributed by atoms with Crippen LogP contribution in [-0.2, 0) is 15.5 Å². The predicted molar refractivity (Wildman–Crippen MR) is 88.8 cm³/mol. The van der Waals surface area contributed by atoms with Crippen molar-refractivity contribution in [2.24, 2.45) is 0 Å². The smallest absolute Gasteiger partial charge is 0.269 e. The monoisotopic (exact) mass is 328 g/mol. The number of nitro groups is 1. The number of rotatable bonds is 9. The average Bonchev–Trinajstić information content (AvgIpc) is 2.45. The van der Waals surface area contributed by atoms with Gasteiger partial charge < -0.3 is 9.05 Å². The third kappa shape index (κ3) is 5.61. The molecule has 0 radical (unpaired) electrons. The van der Waals surface area contributed by atoms with Crippen LogP contribution in [0, 0.1) is 10.1 Å². The summed E-state index contributed by atoms with van der Waals surface area (Å²) in [6, 6.07) is 7.24. The van der Waals surface area contributed by atoms with Crippen LogP contribution < -0.4 is 0 Å². The largest absolute Gasteiger partial charge is 0.325 e. The highest BCUT2D eigenvalue weighted by Crippen LogP contribution is 2.44. The minimum Gasteiger partial charge on any atom is -0.325 e. The maximum atomic E-state index is 10.6. The summed E-state index contributed by atoms with van der Waals surface area (Å²) in [5, 5.41) is 10.6. The first kappa shape index (κ1) is 19.0. The minimum absolute atomic E-state index is 0.106. The highest BCUT2D eigenvalue weighted by molar-refractivity contribution is 7.44. The molecule has 7 heteroatoms. The molecule has 0 amide bonds. The van der Waals surface area contributed by atoms with Gasteiger partial charge in [-0.1, -0.05) is 12.1 Å². The topological polar surface area (TPSA) is 64.8 Å². The Morgan fingerprint density at radius 2 is 1.73 bits per heavy atom. The van der Waals surface area contributed by atoms with Gasteiger partial charge in [0.05, 0.1) is 11.5 Å². The van der Waals surface area contributed by atoms with Gasteiger partial charge >= 0.3 is 0 Å². The van der Waals surface area contributed by atoms with Gasteiger partial charge in [0.15, 0.2) is 0 Å². The van der Waals surface area contributed by atoms with Gasteiger partial charge in [-0.3, -0.25) is 10.1 Å². The van der Waals surface area contributed by atoms with Gasteiger partial charge in [0.1, 0.15) is 0 Å². The third-order valence-corrected chi connectivity index (χ3v) is 5.16. The highest BCUT2D eigenvalue weighted by atomic mass is 31.2. The van der Waals surface area contributed by atoms with Gasteiger partial charge in [0.25, 0.3) is 14.2 Å². The van der Waals surface area contributed by atoms with Gasteiger partial charge in [-0.15, -0.1) is 0 Å². The molecule has 1 rings (SSSR count). The maximum absolute atomic E-state index is 10.6. The van der Waals surface area contributed by atoms with Crippen LogP contribution in [-0.4, -0.2) is 35.4 Å². The molecule has 0 heterocycles. The fourth-order valence-electron chi connectivity index (χ4n) is 2.21. The van der Waals surface area contributed by atoms with E-state index < -0.39 is 13.4 Å². The Balaban J connectivity index is 2.55. The first-order valence-electron chi connectivity index (χ1n) is 7.35. The van der Waals surface area contributed by atoms with Crippen LogP contribution in [0.25, 0.3) is 0 Å². The number of benzene rings is 1. The molecule has 1 aromatic rings. The summed E-state index contributed by atoms with van der Waals surface area (Å²) in [5.74, 6) is 0. The zero-order valence-electron chi connectivity index (χ0n) is 13.9. The Hall–Kier alpha value is -1.07. The summed E-state index contributed by atoms with van der Waals surface area (Å²) in [4.78, 5) is 10.2. The van der Waals surface area contributed by atoms with Crippen LogP contribution in [0.15, 0.2) is 24.3 Å². The molecule has 0 aliphatic carbocycles. The molecular weight excluding hydrogens is 303 g/mol. The molecule has 1 atom stereocenters. The molecule has 1 aromatic carbocycles. The van der Waals surface area contributed by atoms with E-state index in [-0.39, 0.29) is 5.69 Å². The molecule has 0 aliphatic rings. The number of non-ortho nitro benzene ring substituents is 1. The van der Waals surface area contributed by atoms with E-state index in [4.69, 9.17) is 9.05 Å². The molecule has 0 aliphatic heterocycles. The zero-order valence-corrected chi connectivity index (χ0v) is 14.7. The van der Waals surface area contributed by atoms with Crippen molar-refractivity contribution in [2.75, 3.05) is 13.7 Å². The van der Waals surface area contributed by atoms with Crippen LogP contribution in [0.3, 0.4) is 0 Å². The average molecular weight is 328 g/mol. The van der Waals surface area contributed by atoms with Crippen molar-refractivity contribution < 1.29 is 14.0 Å². The quantitative estimate of drug-likeness (QED) is 0.387. The molecule has 0 fully saturated rings. The van der Waals surface area contributed by atoms with Crippen molar-refractivity contribution in [1.29, 1.82) is 0 Å². The molecule has 22 heavy (non-hydrogen) atoms. The van der Waals surface area contributed by atoms with Gasteiger partial charge in [0.2, 0.25) is 0 Å². The number of nitro benzene ring substituents is 1. The van der Waals surface area contributed by atoms with Crippen molar-refractivity contribution in [2.45, 2.75) is 46.2 Å². The molecule has 0 saturated carbocycles. The summed E-state index contributed by atoms with van der Waals surface area (Å²) < 4.78 is 13.6. The van der Waals surface area contributed by atoms with Crippen LogP contribution in [0.2, 0.25) is 0 Å². The van der Waals surface area contributed by atoms with E-state index in [1.54, 1.807) is 19.2 Å². The number of hydrogen-bond acceptors (Lipinski definition) is 5. The van der Waals surface area contributed by atoms with E-state index in [0.29, 0.717) is 25.1 Å². The number of nitrogens with zero attached hydrogens (tertiary/aromatic N) is 2. The maximum Gasteiger partial charge on any atom is 0.269 e. The van der Waals surface area contributed by atoms with Crippen molar-refractivity contribution in [1.82, 2.24) is 4.67 Å². The lowest BCUT2D eigenvalue weighted by molar-refractivity contribution is -0.384. The normalized spacial score (nSPS) is 13.1. The lowest BCUT2D eigenvalue weighted by atomic mass is 10.1. The van der Waals surface area contributed by atoms with E-state index >= 15 is 0 Å². The first-order chi connectivity index (χ1) is 10.4. The predicted octanol–water partition coefficient (Wildman–Crippen LogP) is 4.15. The fraction of sp³-hybridized carbons (Fsp3) is 0.600. The second kappa shape index (κ2) is 9.16. The Labute approximate surface area is 133 Å². The fourth-order valence-corrected chi connectivity index (χ4v) is 3.64. The summed E-state index contributed by atoms with van der Waals surface area (Å²) in [6.07, 6.45) is 0.699. The van der Waals surface area contributed by atoms with Crippen LogP contribution >= 0.6 is 8.53 Å². The van der Waals surface area contributed by atoms with Crippen LogP contribution in [0.4, 0.5) is 5.69 Å². The van der Waals surface area contributed by atoms with Crippen LogP contribution in [0.5, 0.6) is 0 Å². The van der Waals surface area contributed by atoms with E-state index in [1.807, 2.05) is 0 Å². The van der Waals surface area contributed by atoms with Crippen molar-refractivity contribution in [3.05, 3.63) is 39.9 Å². The third-order valence-electron chi connectivity index (χ3n) is 3.14. The highest BCUT2D eigenvalue weighted by Gasteiger charge is 2.25. The van der Waals surface area contributed by atoms with Crippen molar-refractivity contribution in [3.8, 4) is 0 Å². The second-order valence-corrected chi connectivity index (χ2v) is 7.06. The Morgan fingerprint density at radius 3 is 2.14 bits per heavy atom. The van der Waals surface area contributed by atoms with Crippen LogP contribution in [0.1, 0.15) is 33.3 Å². The van der Waals surface area contributed by atoms with Gasteiger partial charge in [-0.2, -0.15) is 0 Å². The minimum atomic E-state index is -1.09. The Morgan fingerprint density at radius 1 is 1.18 bits per heavy atom. The van der Waals surface area contributed by atoms with E-state index in [0.717, 1.165) is 5.56 Å². The molecule has 0 bridgehead atoms. The summed E-state index contributed by atoms with van der Waals surface area (Å²) in [7, 11) is 0.574. The Bertz CT molecular complexity index is 457. The number of hydrogen-bond donors (Lipinski definition) is 0. The Kier molecular flexibility index (Phi) is 7.90. The lowest BCUT2D eigenvalue weighted by Crippen LogP contribution is -2.33. The van der Waals surface area contributed by atoms with Crippen molar-refractivity contribution >= 4 is 14.2 Å². The SMILES string of the molecule is COP(OCCc1ccc([N+](=O)[O-])cc1)N(C(C)C)C(C)C. The molecule has 0 spiro atoms. The molecular formula is C15H25N2O4P. The second-order valence-electron chi connectivity index (χ2n) is 5.49. The molecule has 1 unspecified atom stereocenters. The van der Waals surface area contributed by atoms with E-state index in [2.05, 4.69) is 32.4 Å². The lowest BCUT2D eigenvalue weighted by Gasteiger charge is -2.34.